The van der Waals surface area contributed by atoms with Gasteiger partial charge in [0.15, 0.2) is 0 Å². The number of carbonyl (C=O) groups excluding carboxylic acids is 1. The van der Waals surface area contributed by atoms with Gasteiger partial charge in [0.05, 0.1) is 30.2 Å². The van der Waals surface area contributed by atoms with Crippen LogP contribution in [0.4, 0.5) is 0 Å². The summed E-state index contributed by atoms with van der Waals surface area (Å²) in [6.45, 7) is 2.33. The summed E-state index contributed by atoms with van der Waals surface area (Å²) >= 11 is 6.08. The van der Waals surface area contributed by atoms with Crippen LogP contribution in [0.5, 0.6) is 11.5 Å². The van der Waals surface area contributed by atoms with Gasteiger partial charge < -0.3 is 14.8 Å². The number of likely N-dealkylation sites (N-methyl/N-ethyl adjacent to an activating group) is 1. The first-order valence-electron chi connectivity index (χ1n) is 9.06. The number of hydrogen-bond acceptors (Lipinski definition) is 5. The summed E-state index contributed by atoms with van der Waals surface area (Å²) in [5.41, 5.74) is 1.04. The van der Waals surface area contributed by atoms with Crippen molar-refractivity contribution in [2.24, 2.45) is 0 Å². The van der Waals surface area contributed by atoms with E-state index in [0.717, 1.165) is 15.6 Å². The van der Waals surface area contributed by atoms with Crippen LogP contribution in [0, 0.1) is 0 Å². The van der Waals surface area contributed by atoms with Crippen LogP contribution in [0.3, 0.4) is 0 Å². The standard InChI is InChI=1S/C20H25ClN2O5S/c1-4-28-19-10-9-17(13-18(19)21)29(25,26)23(2)14-20(24)22-12-11-15-5-7-16(27-3)8-6-15/h5-10,13H,4,11-12,14H2,1-3H3,(H,22,24). The Kier molecular flexibility index (Phi) is 8.31. The van der Waals surface area contributed by atoms with E-state index in [-0.39, 0.29) is 22.4 Å². The Morgan fingerprint density at radius 1 is 1.17 bits per heavy atom. The maximum absolute atomic E-state index is 12.7. The Labute approximate surface area is 176 Å². The van der Waals surface area contributed by atoms with E-state index in [9.17, 15) is 13.2 Å². The van der Waals surface area contributed by atoms with Crippen molar-refractivity contribution < 1.29 is 22.7 Å². The summed E-state index contributed by atoms with van der Waals surface area (Å²) in [4.78, 5) is 12.1. The molecule has 1 amide bonds. The molecule has 2 aromatic rings. The average molecular weight is 441 g/mol. The lowest BCUT2D eigenvalue weighted by atomic mass is 10.1. The van der Waals surface area contributed by atoms with Crippen molar-refractivity contribution in [1.29, 1.82) is 0 Å². The van der Waals surface area contributed by atoms with Crippen LogP contribution in [-0.2, 0) is 21.2 Å². The normalized spacial score (nSPS) is 11.3. The molecule has 158 valence electrons. The number of hydrogen-bond donors (Lipinski definition) is 1. The molecule has 0 aliphatic carbocycles. The van der Waals surface area contributed by atoms with E-state index in [4.69, 9.17) is 21.1 Å². The molecular weight excluding hydrogens is 416 g/mol. The van der Waals surface area contributed by atoms with Crippen LogP contribution >= 0.6 is 11.6 Å². The highest BCUT2D eigenvalue weighted by molar-refractivity contribution is 7.89. The SMILES string of the molecule is CCOc1ccc(S(=O)(=O)N(C)CC(=O)NCCc2ccc(OC)cc2)cc1Cl. The first-order valence-corrected chi connectivity index (χ1v) is 10.9. The zero-order valence-electron chi connectivity index (χ0n) is 16.6. The Bertz CT molecular complexity index is 932. The van der Waals surface area contributed by atoms with Crippen molar-refractivity contribution in [3.8, 4) is 11.5 Å². The Balaban J connectivity index is 1.91. The first kappa shape index (κ1) is 23.0. The topological polar surface area (TPSA) is 84.9 Å². The van der Waals surface area contributed by atoms with Crippen molar-refractivity contribution in [3.63, 3.8) is 0 Å². The number of methoxy groups -OCH3 is 1. The van der Waals surface area contributed by atoms with E-state index < -0.39 is 10.0 Å². The first-order chi connectivity index (χ1) is 13.8. The predicted molar refractivity (Wildman–Crippen MR) is 112 cm³/mol. The van der Waals surface area contributed by atoms with Gasteiger partial charge in [0, 0.05) is 13.6 Å². The Hall–Kier alpha value is -2.29. The van der Waals surface area contributed by atoms with E-state index in [0.29, 0.717) is 25.3 Å². The van der Waals surface area contributed by atoms with Crippen LogP contribution in [0.2, 0.25) is 5.02 Å². The van der Waals surface area contributed by atoms with Gasteiger partial charge in [-0.2, -0.15) is 4.31 Å². The summed E-state index contributed by atoms with van der Waals surface area (Å²) in [5.74, 6) is 0.785. The molecule has 0 bridgehead atoms. The summed E-state index contributed by atoms with van der Waals surface area (Å²) < 4.78 is 36.8. The molecule has 0 aliphatic rings. The molecule has 0 fully saturated rings. The Morgan fingerprint density at radius 3 is 2.45 bits per heavy atom. The molecule has 0 saturated carbocycles. The smallest absolute Gasteiger partial charge is 0.243 e. The number of halogens is 1. The van der Waals surface area contributed by atoms with Gasteiger partial charge in [-0.1, -0.05) is 23.7 Å². The molecule has 0 atom stereocenters. The third kappa shape index (κ3) is 6.35. The molecule has 7 nitrogen and oxygen atoms in total. The van der Waals surface area contributed by atoms with Gasteiger partial charge in [-0.3, -0.25) is 4.79 Å². The second-order valence-corrected chi connectivity index (χ2v) is 8.69. The zero-order chi connectivity index (χ0) is 21.4. The summed E-state index contributed by atoms with van der Waals surface area (Å²) in [6.07, 6.45) is 0.626. The quantitative estimate of drug-likeness (QED) is 0.614. The largest absolute Gasteiger partial charge is 0.497 e. The minimum absolute atomic E-state index is 0.000476. The van der Waals surface area contributed by atoms with Crippen LogP contribution in [0.25, 0.3) is 0 Å². The fourth-order valence-electron chi connectivity index (χ4n) is 2.58. The van der Waals surface area contributed by atoms with E-state index in [1.807, 2.05) is 31.2 Å². The maximum Gasteiger partial charge on any atom is 0.243 e. The predicted octanol–water partition coefficient (Wildman–Crippen LogP) is 2.73. The Morgan fingerprint density at radius 2 is 1.86 bits per heavy atom. The molecular formula is C20H25ClN2O5S. The van der Waals surface area contributed by atoms with Gasteiger partial charge in [0.2, 0.25) is 15.9 Å². The van der Waals surface area contributed by atoms with Crippen LogP contribution in [0.15, 0.2) is 47.4 Å². The van der Waals surface area contributed by atoms with Crippen LogP contribution in [-0.4, -0.2) is 52.5 Å². The van der Waals surface area contributed by atoms with E-state index in [1.165, 1.54) is 25.2 Å². The molecule has 0 aromatic heterocycles. The second-order valence-electron chi connectivity index (χ2n) is 6.23. The lowest BCUT2D eigenvalue weighted by molar-refractivity contribution is -0.121. The highest BCUT2D eigenvalue weighted by Gasteiger charge is 2.24. The molecule has 29 heavy (non-hydrogen) atoms. The van der Waals surface area contributed by atoms with Crippen LogP contribution < -0.4 is 14.8 Å². The van der Waals surface area contributed by atoms with Crippen molar-refractivity contribution in [1.82, 2.24) is 9.62 Å². The molecule has 1 N–H and O–H groups in total. The molecule has 0 aliphatic heterocycles. The highest BCUT2D eigenvalue weighted by Crippen LogP contribution is 2.28. The molecule has 0 heterocycles. The van der Waals surface area contributed by atoms with Crippen molar-refractivity contribution >= 4 is 27.5 Å². The number of ether oxygens (including phenoxy) is 2. The molecule has 0 unspecified atom stereocenters. The molecule has 0 spiro atoms. The minimum Gasteiger partial charge on any atom is -0.497 e. The number of nitrogens with zero attached hydrogens (tertiary/aromatic N) is 1. The third-order valence-corrected chi connectivity index (χ3v) is 6.27. The summed E-state index contributed by atoms with van der Waals surface area (Å²) in [6, 6.07) is 11.7. The van der Waals surface area contributed by atoms with Gasteiger partial charge in [-0.15, -0.1) is 0 Å². The average Bonchev–Trinajstić information content (AvgIpc) is 2.70. The number of benzene rings is 2. The number of nitrogens with one attached hydrogen (secondary N) is 1. The zero-order valence-corrected chi connectivity index (χ0v) is 18.2. The van der Waals surface area contributed by atoms with Gasteiger partial charge in [0.1, 0.15) is 11.5 Å². The monoisotopic (exact) mass is 440 g/mol. The number of carbonyl (C=O) groups is 1. The number of sulfonamides is 1. The molecule has 2 rings (SSSR count). The summed E-state index contributed by atoms with van der Waals surface area (Å²) in [7, 11) is -0.906. The van der Waals surface area contributed by atoms with E-state index >= 15 is 0 Å². The maximum atomic E-state index is 12.7. The number of amides is 1. The second kappa shape index (κ2) is 10.5. The van der Waals surface area contributed by atoms with Crippen molar-refractivity contribution in [2.75, 3.05) is 33.9 Å². The lowest BCUT2D eigenvalue weighted by Gasteiger charge is -2.17. The van der Waals surface area contributed by atoms with Gasteiger partial charge in [-0.25, -0.2) is 8.42 Å². The van der Waals surface area contributed by atoms with Crippen molar-refractivity contribution in [3.05, 3.63) is 53.1 Å². The lowest BCUT2D eigenvalue weighted by Crippen LogP contribution is -2.39. The van der Waals surface area contributed by atoms with Gasteiger partial charge in [-0.05, 0) is 49.2 Å². The highest BCUT2D eigenvalue weighted by atomic mass is 35.5. The molecule has 0 saturated heterocycles. The van der Waals surface area contributed by atoms with Gasteiger partial charge >= 0.3 is 0 Å². The van der Waals surface area contributed by atoms with E-state index in [2.05, 4.69) is 5.32 Å². The fraction of sp³-hybridized carbons (Fsp3) is 0.350. The molecule has 9 heteroatoms. The fourth-order valence-corrected chi connectivity index (χ4v) is 4.03. The number of rotatable bonds is 10. The third-order valence-electron chi connectivity index (χ3n) is 4.17. The van der Waals surface area contributed by atoms with E-state index in [1.54, 1.807) is 7.11 Å². The minimum atomic E-state index is -3.85. The van der Waals surface area contributed by atoms with Crippen LogP contribution in [0.1, 0.15) is 12.5 Å². The molecule has 2 aromatic carbocycles. The summed E-state index contributed by atoms with van der Waals surface area (Å²) in [5, 5.41) is 2.93. The van der Waals surface area contributed by atoms with Gasteiger partial charge in [0.25, 0.3) is 0 Å². The molecule has 0 radical (unpaired) electrons. The van der Waals surface area contributed by atoms with Crippen molar-refractivity contribution in [2.45, 2.75) is 18.2 Å².